The third-order valence-electron chi connectivity index (χ3n) is 3.74. The van der Waals surface area contributed by atoms with Gasteiger partial charge in [-0.15, -0.1) is 0 Å². The van der Waals surface area contributed by atoms with Crippen molar-refractivity contribution in [3.05, 3.63) is 57.9 Å². The molecule has 23 heavy (non-hydrogen) atoms. The molecule has 2 aromatic rings. The Morgan fingerprint density at radius 2 is 1.91 bits per heavy atom. The molecule has 5 heteroatoms. The molecule has 3 nitrogen and oxygen atoms in total. The van der Waals surface area contributed by atoms with Gasteiger partial charge in [-0.1, -0.05) is 11.6 Å². The molecule has 2 aromatic carbocycles. The number of amidine groups is 1. The fourth-order valence-corrected chi connectivity index (χ4v) is 2.66. The van der Waals surface area contributed by atoms with Gasteiger partial charge in [-0.05, 0) is 61.7 Å². The fourth-order valence-electron chi connectivity index (χ4n) is 2.55. The lowest BCUT2D eigenvalue weighted by atomic mass is 10.1. The van der Waals surface area contributed by atoms with Crippen LogP contribution in [-0.2, 0) is 0 Å². The van der Waals surface area contributed by atoms with Crippen molar-refractivity contribution >= 4 is 17.4 Å². The first-order valence-corrected chi connectivity index (χ1v) is 7.95. The van der Waals surface area contributed by atoms with Crippen LogP contribution in [0.25, 0.3) is 0 Å². The van der Waals surface area contributed by atoms with Crippen LogP contribution >= 0.6 is 11.6 Å². The number of halogens is 2. The minimum atomic E-state index is -0.414. The van der Waals surface area contributed by atoms with Gasteiger partial charge in [0.15, 0.2) is 11.6 Å². The molecular weight excluding hydrogens is 315 g/mol. The van der Waals surface area contributed by atoms with Crippen LogP contribution in [0.3, 0.4) is 0 Å². The maximum absolute atomic E-state index is 14.3. The Kier molecular flexibility index (Phi) is 4.53. The first kappa shape index (κ1) is 15.8. The van der Waals surface area contributed by atoms with Crippen LogP contribution in [0.5, 0.6) is 11.5 Å². The smallest absolute Gasteiger partial charge is 0.166 e. The van der Waals surface area contributed by atoms with E-state index in [1.807, 2.05) is 19.9 Å². The molecule has 0 saturated heterocycles. The second-order valence-corrected chi connectivity index (χ2v) is 6.01. The number of benzene rings is 2. The second-order valence-electron chi connectivity index (χ2n) is 5.63. The van der Waals surface area contributed by atoms with Crippen LogP contribution in [0.15, 0.2) is 35.3 Å². The molecule has 0 fully saturated rings. The van der Waals surface area contributed by atoms with Crippen molar-refractivity contribution in [1.29, 1.82) is 0 Å². The summed E-state index contributed by atoms with van der Waals surface area (Å²) in [5, 5.41) is 3.88. The van der Waals surface area contributed by atoms with Gasteiger partial charge in [-0.25, -0.2) is 4.39 Å². The second kappa shape index (κ2) is 6.59. The van der Waals surface area contributed by atoms with Crippen LogP contribution in [0, 0.1) is 19.7 Å². The van der Waals surface area contributed by atoms with E-state index in [4.69, 9.17) is 16.3 Å². The van der Waals surface area contributed by atoms with Crippen LogP contribution < -0.4 is 10.1 Å². The van der Waals surface area contributed by atoms with E-state index >= 15 is 0 Å². The lowest BCUT2D eigenvalue weighted by molar-refractivity contribution is 0.441. The number of aliphatic imine (C=N–C) groups is 1. The van der Waals surface area contributed by atoms with Crippen LogP contribution in [0.1, 0.15) is 23.1 Å². The normalized spacial score (nSPS) is 14.2. The minimum Gasteiger partial charge on any atom is -0.454 e. The van der Waals surface area contributed by atoms with E-state index in [0.29, 0.717) is 10.8 Å². The van der Waals surface area contributed by atoms with Crippen molar-refractivity contribution < 1.29 is 9.13 Å². The summed E-state index contributed by atoms with van der Waals surface area (Å²) >= 11 is 6.14. The molecule has 0 amide bonds. The van der Waals surface area contributed by atoms with Crippen LogP contribution in [0.4, 0.5) is 4.39 Å². The molecule has 0 atom stereocenters. The molecule has 1 N–H and O–H groups in total. The van der Waals surface area contributed by atoms with E-state index in [1.54, 1.807) is 18.2 Å². The van der Waals surface area contributed by atoms with Gasteiger partial charge in [-0.3, -0.25) is 4.99 Å². The zero-order valence-electron chi connectivity index (χ0n) is 13.1. The third-order valence-corrected chi connectivity index (χ3v) is 4.34. The van der Waals surface area contributed by atoms with E-state index in [0.717, 1.165) is 42.0 Å². The highest BCUT2D eigenvalue weighted by Crippen LogP contribution is 2.30. The highest BCUT2D eigenvalue weighted by molar-refractivity contribution is 6.32. The highest BCUT2D eigenvalue weighted by atomic mass is 35.5. The predicted molar refractivity (Wildman–Crippen MR) is 91.4 cm³/mol. The highest BCUT2D eigenvalue weighted by Gasteiger charge is 2.12. The van der Waals surface area contributed by atoms with E-state index < -0.39 is 5.82 Å². The number of ether oxygens (including phenoxy) is 1. The van der Waals surface area contributed by atoms with Gasteiger partial charge in [0.2, 0.25) is 0 Å². The number of nitrogens with zero attached hydrogens (tertiary/aromatic N) is 1. The number of aryl methyl sites for hydroxylation is 2. The molecule has 0 unspecified atom stereocenters. The molecule has 0 saturated carbocycles. The van der Waals surface area contributed by atoms with Gasteiger partial charge in [-0.2, -0.15) is 0 Å². The summed E-state index contributed by atoms with van der Waals surface area (Å²) in [5.41, 5.74) is 2.54. The Labute approximate surface area is 140 Å². The van der Waals surface area contributed by atoms with E-state index in [2.05, 4.69) is 10.3 Å². The Balaban J connectivity index is 1.85. The maximum Gasteiger partial charge on any atom is 0.166 e. The summed E-state index contributed by atoms with van der Waals surface area (Å²) in [7, 11) is 0. The topological polar surface area (TPSA) is 33.6 Å². The van der Waals surface area contributed by atoms with Gasteiger partial charge in [0, 0.05) is 23.7 Å². The molecule has 0 bridgehead atoms. The molecule has 1 aliphatic rings. The minimum absolute atomic E-state index is 0.186. The Bertz CT molecular complexity index is 751. The zero-order valence-corrected chi connectivity index (χ0v) is 13.9. The molecular formula is C18H18ClFN2O. The fraction of sp³-hybridized carbons (Fsp3) is 0.278. The van der Waals surface area contributed by atoms with E-state index in [-0.39, 0.29) is 5.75 Å². The maximum atomic E-state index is 14.3. The standard InChI is InChI=1S/C18H18ClFN2O/c1-11-8-14(9-12(2)17(11)19)23-16-5-4-13(10-15(16)20)18-21-6-3-7-22-18/h4-5,8-10H,3,6-7H2,1-2H3,(H,21,22). The molecule has 0 aliphatic carbocycles. The van der Waals surface area contributed by atoms with Gasteiger partial charge in [0.1, 0.15) is 11.6 Å². The summed E-state index contributed by atoms with van der Waals surface area (Å²) in [6.07, 6.45) is 1.00. The summed E-state index contributed by atoms with van der Waals surface area (Å²) < 4.78 is 20.0. The molecule has 0 aromatic heterocycles. The lowest BCUT2D eigenvalue weighted by Crippen LogP contribution is -2.30. The quantitative estimate of drug-likeness (QED) is 0.889. The predicted octanol–water partition coefficient (Wildman–Crippen LogP) is 4.63. The van der Waals surface area contributed by atoms with Crippen LogP contribution in [0.2, 0.25) is 5.02 Å². The zero-order chi connectivity index (χ0) is 16.4. The van der Waals surface area contributed by atoms with E-state index in [9.17, 15) is 4.39 Å². The first-order chi connectivity index (χ1) is 11.0. The van der Waals surface area contributed by atoms with Gasteiger partial charge in [0.05, 0.1) is 0 Å². The van der Waals surface area contributed by atoms with Crippen molar-refractivity contribution in [1.82, 2.24) is 5.32 Å². The average Bonchev–Trinajstić information content (AvgIpc) is 2.55. The summed E-state index contributed by atoms with van der Waals surface area (Å²) in [6, 6.07) is 8.49. The molecule has 1 aliphatic heterocycles. The van der Waals surface area contributed by atoms with Gasteiger partial charge in [0.25, 0.3) is 0 Å². The monoisotopic (exact) mass is 332 g/mol. The SMILES string of the molecule is Cc1cc(Oc2ccc(C3=NCCCN3)cc2F)cc(C)c1Cl. The number of hydrogen-bond donors (Lipinski definition) is 1. The molecule has 1 heterocycles. The summed E-state index contributed by atoms with van der Waals surface area (Å²) in [4.78, 5) is 4.37. The first-order valence-electron chi connectivity index (χ1n) is 7.57. The number of hydrogen-bond acceptors (Lipinski definition) is 3. The van der Waals surface area contributed by atoms with Crippen molar-refractivity contribution in [2.45, 2.75) is 20.3 Å². The van der Waals surface area contributed by atoms with Crippen molar-refractivity contribution in [2.75, 3.05) is 13.1 Å². The third kappa shape index (κ3) is 3.48. The lowest BCUT2D eigenvalue weighted by Gasteiger charge is -2.15. The summed E-state index contributed by atoms with van der Waals surface area (Å²) in [6.45, 7) is 5.43. The molecule has 0 radical (unpaired) electrons. The van der Waals surface area contributed by atoms with E-state index in [1.165, 1.54) is 6.07 Å². The van der Waals surface area contributed by atoms with Gasteiger partial charge >= 0.3 is 0 Å². The largest absolute Gasteiger partial charge is 0.454 e. The Morgan fingerprint density at radius 3 is 2.52 bits per heavy atom. The van der Waals surface area contributed by atoms with Gasteiger partial charge < -0.3 is 10.1 Å². The number of rotatable bonds is 3. The molecule has 3 rings (SSSR count). The number of nitrogens with one attached hydrogen (secondary N) is 1. The summed E-state index contributed by atoms with van der Waals surface area (Å²) in [5.74, 6) is 1.08. The Hall–Kier alpha value is -2.07. The molecule has 0 spiro atoms. The van der Waals surface area contributed by atoms with Crippen LogP contribution in [-0.4, -0.2) is 18.9 Å². The average molecular weight is 333 g/mol. The Morgan fingerprint density at radius 1 is 1.17 bits per heavy atom. The molecule has 120 valence electrons. The van der Waals surface area contributed by atoms with Crippen molar-refractivity contribution in [2.24, 2.45) is 4.99 Å². The van der Waals surface area contributed by atoms with Crippen molar-refractivity contribution in [3.63, 3.8) is 0 Å². The van der Waals surface area contributed by atoms with Crippen molar-refractivity contribution in [3.8, 4) is 11.5 Å².